The van der Waals surface area contributed by atoms with Crippen LogP contribution in [-0.2, 0) is 0 Å². The van der Waals surface area contributed by atoms with Gasteiger partial charge in [0.15, 0.2) is 0 Å². The molecule has 12 heavy (non-hydrogen) atoms. The molecule has 1 saturated carbocycles. The van der Waals surface area contributed by atoms with Gasteiger partial charge in [0.05, 0.1) is 0 Å². The first-order valence-electron chi connectivity index (χ1n) is 5.28. The van der Waals surface area contributed by atoms with Gasteiger partial charge in [0.1, 0.15) is 0 Å². The van der Waals surface area contributed by atoms with Crippen molar-refractivity contribution in [2.24, 2.45) is 23.7 Å². The molecule has 0 heterocycles. The standard InChI is InChI=1S/C12H22/c1-5-6-11-8-10(4)12(11)7-9(2)3/h5-6,9-12H,7-8H2,1-4H3. The van der Waals surface area contributed by atoms with Crippen molar-refractivity contribution >= 4 is 0 Å². The predicted molar refractivity (Wildman–Crippen MR) is 55.0 cm³/mol. The normalized spacial score (nSPS) is 35.9. The lowest BCUT2D eigenvalue weighted by Crippen LogP contribution is -2.34. The van der Waals surface area contributed by atoms with Crippen LogP contribution in [0.1, 0.15) is 40.5 Å². The molecule has 3 atom stereocenters. The average Bonchev–Trinajstić information content (AvgIpc) is 2.00. The number of rotatable bonds is 3. The van der Waals surface area contributed by atoms with Crippen LogP contribution in [0, 0.1) is 23.7 Å². The minimum atomic E-state index is 0.866. The van der Waals surface area contributed by atoms with E-state index in [2.05, 4.69) is 39.8 Å². The molecule has 0 aromatic carbocycles. The monoisotopic (exact) mass is 166 g/mol. The van der Waals surface area contributed by atoms with E-state index in [1.165, 1.54) is 12.8 Å². The highest BCUT2D eigenvalue weighted by atomic mass is 14.4. The van der Waals surface area contributed by atoms with Crippen molar-refractivity contribution in [3.05, 3.63) is 12.2 Å². The molecule has 1 aliphatic carbocycles. The molecule has 0 aromatic heterocycles. The lowest BCUT2D eigenvalue weighted by Gasteiger charge is -2.42. The van der Waals surface area contributed by atoms with E-state index in [-0.39, 0.29) is 0 Å². The maximum absolute atomic E-state index is 2.40. The van der Waals surface area contributed by atoms with Crippen molar-refractivity contribution < 1.29 is 0 Å². The first-order chi connectivity index (χ1) is 5.65. The van der Waals surface area contributed by atoms with Gasteiger partial charge in [-0.1, -0.05) is 32.9 Å². The van der Waals surface area contributed by atoms with Crippen LogP contribution in [0.5, 0.6) is 0 Å². The Hall–Kier alpha value is -0.260. The van der Waals surface area contributed by atoms with E-state index in [4.69, 9.17) is 0 Å². The van der Waals surface area contributed by atoms with Crippen molar-refractivity contribution in [1.82, 2.24) is 0 Å². The van der Waals surface area contributed by atoms with E-state index in [0.717, 1.165) is 23.7 Å². The molecule has 0 saturated heterocycles. The van der Waals surface area contributed by atoms with E-state index >= 15 is 0 Å². The van der Waals surface area contributed by atoms with Gasteiger partial charge in [-0.15, -0.1) is 0 Å². The fourth-order valence-corrected chi connectivity index (χ4v) is 2.42. The smallest absolute Gasteiger partial charge is 0.0200 e. The lowest BCUT2D eigenvalue weighted by atomic mass is 9.63. The van der Waals surface area contributed by atoms with Crippen molar-refractivity contribution in [2.75, 3.05) is 0 Å². The second kappa shape index (κ2) is 4.11. The van der Waals surface area contributed by atoms with E-state index in [1.807, 2.05) is 0 Å². The highest BCUT2D eigenvalue weighted by molar-refractivity contribution is 4.99. The molecule has 0 heteroatoms. The van der Waals surface area contributed by atoms with Gasteiger partial charge in [-0.05, 0) is 43.4 Å². The van der Waals surface area contributed by atoms with Crippen LogP contribution >= 0.6 is 0 Å². The summed E-state index contributed by atoms with van der Waals surface area (Å²) in [6.07, 6.45) is 7.44. The van der Waals surface area contributed by atoms with Gasteiger partial charge in [0, 0.05) is 0 Å². The lowest BCUT2D eigenvalue weighted by molar-refractivity contribution is 0.101. The molecule has 0 nitrogen and oxygen atoms in total. The molecule has 0 aromatic rings. The summed E-state index contributed by atoms with van der Waals surface area (Å²) in [6.45, 7) is 9.19. The molecule has 0 spiro atoms. The molecule has 0 N–H and O–H groups in total. The highest BCUT2D eigenvalue weighted by Gasteiger charge is 2.35. The van der Waals surface area contributed by atoms with Gasteiger partial charge < -0.3 is 0 Å². The molecular weight excluding hydrogens is 144 g/mol. The van der Waals surface area contributed by atoms with Crippen LogP contribution in [0.4, 0.5) is 0 Å². The van der Waals surface area contributed by atoms with Crippen LogP contribution in [-0.4, -0.2) is 0 Å². The van der Waals surface area contributed by atoms with Crippen LogP contribution in [0.3, 0.4) is 0 Å². The molecule has 1 aliphatic rings. The Bertz CT molecular complexity index is 155. The summed E-state index contributed by atoms with van der Waals surface area (Å²) in [6, 6.07) is 0. The first kappa shape index (κ1) is 9.83. The number of hydrogen-bond donors (Lipinski definition) is 0. The van der Waals surface area contributed by atoms with Crippen LogP contribution in [0.2, 0.25) is 0 Å². The quantitative estimate of drug-likeness (QED) is 0.558. The van der Waals surface area contributed by atoms with Crippen LogP contribution < -0.4 is 0 Å². The van der Waals surface area contributed by atoms with Gasteiger partial charge in [0.2, 0.25) is 0 Å². The molecule has 3 unspecified atom stereocenters. The molecular formula is C12H22. The van der Waals surface area contributed by atoms with E-state index in [1.54, 1.807) is 0 Å². The average molecular weight is 166 g/mol. The Morgan fingerprint density at radius 1 is 1.42 bits per heavy atom. The van der Waals surface area contributed by atoms with E-state index < -0.39 is 0 Å². The van der Waals surface area contributed by atoms with Crippen molar-refractivity contribution in [2.45, 2.75) is 40.5 Å². The Labute approximate surface area is 77.1 Å². The summed E-state index contributed by atoms with van der Waals surface area (Å²) in [4.78, 5) is 0. The third-order valence-electron chi connectivity index (χ3n) is 3.11. The second-order valence-electron chi connectivity index (χ2n) is 4.70. The summed E-state index contributed by atoms with van der Waals surface area (Å²) in [5.74, 6) is 3.70. The highest BCUT2D eigenvalue weighted by Crippen LogP contribution is 2.44. The van der Waals surface area contributed by atoms with E-state index in [9.17, 15) is 0 Å². The SMILES string of the molecule is CC=CC1CC(C)C1CC(C)C. The topological polar surface area (TPSA) is 0 Å². The summed E-state index contributed by atoms with van der Waals surface area (Å²) in [5, 5.41) is 0. The Kier molecular flexibility index (Phi) is 3.37. The van der Waals surface area contributed by atoms with Gasteiger partial charge in [-0.25, -0.2) is 0 Å². The molecule has 1 rings (SSSR count). The number of hydrogen-bond acceptors (Lipinski definition) is 0. The summed E-state index contributed by atoms with van der Waals surface area (Å²) < 4.78 is 0. The van der Waals surface area contributed by atoms with Gasteiger partial charge in [0.25, 0.3) is 0 Å². The zero-order valence-electron chi connectivity index (χ0n) is 8.88. The Morgan fingerprint density at radius 2 is 2.08 bits per heavy atom. The maximum atomic E-state index is 2.40. The zero-order chi connectivity index (χ0) is 9.14. The predicted octanol–water partition coefficient (Wildman–Crippen LogP) is 3.88. The fourth-order valence-electron chi connectivity index (χ4n) is 2.42. The third-order valence-corrected chi connectivity index (χ3v) is 3.11. The minimum absolute atomic E-state index is 0.866. The third kappa shape index (κ3) is 2.12. The van der Waals surface area contributed by atoms with Gasteiger partial charge >= 0.3 is 0 Å². The van der Waals surface area contributed by atoms with Gasteiger partial charge in [-0.2, -0.15) is 0 Å². The van der Waals surface area contributed by atoms with Crippen molar-refractivity contribution in [3.8, 4) is 0 Å². The minimum Gasteiger partial charge on any atom is -0.0914 e. The summed E-state index contributed by atoms with van der Waals surface area (Å²) >= 11 is 0. The molecule has 70 valence electrons. The summed E-state index contributed by atoms with van der Waals surface area (Å²) in [7, 11) is 0. The first-order valence-corrected chi connectivity index (χ1v) is 5.28. The molecule has 1 fully saturated rings. The molecule has 0 radical (unpaired) electrons. The molecule has 0 bridgehead atoms. The van der Waals surface area contributed by atoms with Crippen molar-refractivity contribution in [1.29, 1.82) is 0 Å². The summed E-state index contributed by atoms with van der Waals surface area (Å²) in [5.41, 5.74) is 0. The second-order valence-corrected chi connectivity index (χ2v) is 4.70. The Morgan fingerprint density at radius 3 is 2.50 bits per heavy atom. The zero-order valence-corrected chi connectivity index (χ0v) is 8.88. The molecule has 0 amide bonds. The molecule has 0 aliphatic heterocycles. The largest absolute Gasteiger partial charge is 0.0914 e. The fraction of sp³-hybridized carbons (Fsp3) is 0.833. The van der Waals surface area contributed by atoms with Crippen LogP contribution in [0.15, 0.2) is 12.2 Å². The maximum Gasteiger partial charge on any atom is -0.0200 e. The van der Waals surface area contributed by atoms with Crippen LogP contribution in [0.25, 0.3) is 0 Å². The Balaban J connectivity index is 2.39. The van der Waals surface area contributed by atoms with E-state index in [0.29, 0.717) is 0 Å². The van der Waals surface area contributed by atoms with Gasteiger partial charge in [-0.3, -0.25) is 0 Å². The van der Waals surface area contributed by atoms with Crippen molar-refractivity contribution in [3.63, 3.8) is 0 Å². The number of allylic oxidation sites excluding steroid dienone is 2.